The first-order valence-corrected chi connectivity index (χ1v) is 21.9. The van der Waals surface area contributed by atoms with Crippen LogP contribution >= 0.6 is 0 Å². The third-order valence-electron chi connectivity index (χ3n) is 13.5. The number of aromatic nitrogens is 5. The Morgan fingerprint density at radius 1 is 0.984 bits per heavy atom. The van der Waals surface area contributed by atoms with Gasteiger partial charge in [-0.25, -0.2) is 18.3 Å². The summed E-state index contributed by atoms with van der Waals surface area (Å²) >= 11 is 0. The number of halogens is 2. The SMILES string of the molecule is O=C1CCC(N2C(=O)c3cccc(NCCOC4CCN(C[C@H]5CC[C@H](n6cc(NC(=O)c7cnn8ccc(N9C[C@H]%10C[C@@H]9CO%10)nc78)c(C(F)F)n6)CC5)CC4)c3C2=O)C(=O)N1. The third-order valence-corrected chi connectivity index (χ3v) is 13.5. The first-order chi connectivity index (χ1) is 30.6. The lowest BCUT2D eigenvalue weighted by Gasteiger charge is -2.36. The Balaban J connectivity index is 0.672. The zero-order chi connectivity index (χ0) is 43.4. The summed E-state index contributed by atoms with van der Waals surface area (Å²) in [6.07, 6.45) is 8.37. The van der Waals surface area contributed by atoms with Crippen molar-refractivity contribution in [2.45, 2.75) is 94.5 Å². The number of amides is 5. The topological polar surface area (TPSA) is 198 Å². The molecule has 2 bridgehead atoms. The molecule has 1 unspecified atom stereocenters. The van der Waals surface area contributed by atoms with E-state index in [1.165, 1.54) is 16.9 Å². The molecule has 3 aromatic heterocycles. The number of rotatable bonds is 13. The van der Waals surface area contributed by atoms with Crippen LogP contribution in [0, 0.1) is 5.92 Å². The standard InChI is InChI=1S/C43H49F2N11O7/c44-38(45)37-32(48-40(58)30-19-47-54-16-12-34(49-39(30)54)53-21-28-18-26(53)23-63-28)22-55(51-37)25-6-4-24(5-7-25)20-52-14-10-27(11-15-52)62-17-13-46-31-3-1-2-29-36(31)43(61)56(42(29)60)33-8-9-35(57)50-41(33)59/h1-3,12,16,19,22,24-28,33,38,46H,4-11,13-15,17-18,20-21,23H2,(H,48,58)(H,50,57,59)/t24-,25-,26-,28-,33?/m1/s1. The fourth-order valence-electron chi connectivity index (χ4n) is 10.2. The first-order valence-electron chi connectivity index (χ1n) is 21.9. The second-order valence-electron chi connectivity index (χ2n) is 17.4. The van der Waals surface area contributed by atoms with E-state index in [0.29, 0.717) is 37.0 Å². The van der Waals surface area contributed by atoms with Gasteiger partial charge in [-0.1, -0.05) is 6.07 Å². The van der Waals surface area contributed by atoms with Crippen LogP contribution in [0.3, 0.4) is 0 Å². The number of carbonyl (C=O) groups is 5. The lowest BCUT2D eigenvalue weighted by atomic mass is 9.85. The van der Waals surface area contributed by atoms with E-state index in [1.807, 2.05) is 6.07 Å². The Labute approximate surface area is 360 Å². The molecule has 5 aliphatic heterocycles. The molecule has 1 aromatic carbocycles. The summed E-state index contributed by atoms with van der Waals surface area (Å²) in [6, 6.07) is 5.99. The van der Waals surface area contributed by atoms with Gasteiger partial charge in [-0.15, -0.1) is 0 Å². The highest BCUT2D eigenvalue weighted by molar-refractivity contribution is 6.25. The number of likely N-dealkylation sites (tertiary alicyclic amines) is 1. The van der Waals surface area contributed by atoms with Gasteiger partial charge in [-0.05, 0) is 75.5 Å². The number of nitrogens with zero attached hydrogens (tertiary/aromatic N) is 8. The number of ether oxygens (including phenoxy) is 2. The van der Waals surface area contributed by atoms with Gasteiger partial charge in [0.25, 0.3) is 24.1 Å². The van der Waals surface area contributed by atoms with Crippen molar-refractivity contribution in [2.24, 2.45) is 5.92 Å². The number of alkyl halides is 2. The van der Waals surface area contributed by atoms with E-state index in [4.69, 9.17) is 14.5 Å². The molecule has 6 aliphatic rings. The minimum atomic E-state index is -2.87. The van der Waals surface area contributed by atoms with Gasteiger partial charge in [-0.2, -0.15) is 10.2 Å². The van der Waals surface area contributed by atoms with E-state index >= 15 is 0 Å². The number of benzene rings is 1. The highest BCUT2D eigenvalue weighted by Gasteiger charge is 2.46. The summed E-state index contributed by atoms with van der Waals surface area (Å²) < 4.78 is 43.6. The number of piperidine rings is 2. The van der Waals surface area contributed by atoms with E-state index in [1.54, 1.807) is 29.1 Å². The zero-order valence-electron chi connectivity index (χ0n) is 34.6. The Morgan fingerprint density at radius 3 is 2.56 bits per heavy atom. The predicted octanol–water partition coefficient (Wildman–Crippen LogP) is 3.82. The number of anilines is 3. The molecule has 10 rings (SSSR count). The summed E-state index contributed by atoms with van der Waals surface area (Å²) in [5.41, 5.74) is 0.993. The molecule has 8 heterocycles. The zero-order valence-corrected chi connectivity index (χ0v) is 34.6. The molecule has 4 saturated heterocycles. The maximum absolute atomic E-state index is 14.3. The smallest absolute Gasteiger partial charge is 0.284 e. The number of nitrogens with one attached hydrogen (secondary N) is 3. The second kappa shape index (κ2) is 17.0. The van der Waals surface area contributed by atoms with Crippen molar-refractivity contribution in [1.82, 2.24) is 39.5 Å². The number of fused-ring (bicyclic) bond motifs is 4. The lowest BCUT2D eigenvalue weighted by molar-refractivity contribution is -0.136. The highest BCUT2D eigenvalue weighted by Crippen LogP contribution is 2.37. The van der Waals surface area contributed by atoms with E-state index in [0.717, 1.165) is 81.8 Å². The molecule has 1 saturated carbocycles. The normalized spacial score (nSPS) is 25.4. The molecule has 3 atom stereocenters. The maximum Gasteiger partial charge on any atom is 0.284 e. The molecule has 5 amide bonds. The molecule has 20 heteroatoms. The Bertz CT molecular complexity index is 2440. The van der Waals surface area contributed by atoms with Crippen LogP contribution in [0.15, 0.2) is 42.9 Å². The molecule has 63 heavy (non-hydrogen) atoms. The number of carbonyl (C=O) groups excluding carboxylic acids is 5. The Kier molecular flexibility index (Phi) is 11.1. The lowest BCUT2D eigenvalue weighted by Crippen LogP contribution is -2.54. The molecule has 5 fully saturated rings. The average molecular weight is 870 g/mol. The Morgan fingerprint density at radius 2 is 1.81 bits per heavy atom. The van der Waals surface area contributed by atoms with E-state index in [-0.39, 0.29) is 59.5 Å². The quantitative estimate of drug-likeness (QED) is 0.130. The van der Waals surface area contributed by atoms with Crippen LogP contribution in [0.2, 0.25) is 0 Å². The van der Waals surface area contributed by atoms with Gasteiger partial charge in [0.2, 0.25) is 11.8 Å². The van der Waals surface area contributed by atoms with Crippen LogP contribution < -0.4 is 20.9 Å². The van der Waals surface area contributed by atoms with Crippen molar-refractivity contribution in [3.8, 4) is 0 Å². The van der Waals surface area contributed by atoms with Crippen molar-refractivity contribution >= 4 is 52.4 Å². The van der Waals surface area contributed by atoms with Gasteiger partial charge in [0.15, 0.2) is 11.3 Å². The second-order valence-corrected chi connectivity index (χ2v) is 17.4. The van der Waals surface area contributed by atoms with E-state index in [2.05, 4.69) is 35.9 Å². The van der Waals surface area contributed by atoms with Crippen molar-refractivity contribution < 1.29 is 42.2 Å². The van der Waals surface area contributed by atoms with Crippen LogP contribution in [0.25, 0.3) is 5.65 Å². The minimum absolute atomic E-state index is 0.0176. The summed E-state index contributed by atoms with van der Waals surface area (Å²) in [7, 11) is 0. The molecule has 3 N–H and O–H groups in total. The van der Waals surface area contributed by atoms with Gasteiger partial charge in [-0.3, -0.25) is 38.9 Å². The summed E-state index contributed by atoms with van der Waals surface area (Å²) in [6.45, 7) is 4.93. The number of morpholine rings is 1. The van der Waals surface area contributed by atoms with Crippen molar-refractivity contribution in [3.05, 3.63) is 65.2 Å². The van der Waals surface area contributed by atoms with Crippen LogP contribution in [0.4, 0.5) is 26.0 Å². The molecule has 0 spiro atoms. The molecule has 1 aliphatic carbocycles. The summed E-state index contributed by atoms with van der Waals surface area (Å²) in [5.74, 6) is -1.55. The van der Waals surface area contributed by atoms with E-state index in [9.17, 15) is 32.8 Å². The highest BCUT2D eigenvalue weighted by atomic mass is 19.3. The molecule has 4 aromatic rings. The number of imide groups is 2. The molecule has 0 radical (unpaired) electrons. The van der Waals surface area contributed by atoms with Crippen molar-refractivity contribution in [1.29, 1.82) is 0 Å². The Hall–Kier alpha value is -5.86. The predicted molar refractivity (Wildman–Crippen MR) is 222 cm³/mol. The fraction of sp³-hybridized carbons (Fsp3) is 0.535. The van der Waals surface area contributed by atoms with Crippen LogP contribution in [0.5, 0.6) is 0 Å². The maximum atomic E-state index is 14.3. The van der Waals surface area contributed by atoms with Crippen LogP contribution in [-0.2, 0) is 19.1 Å². The van der Waals surface area contributed by atoms with Gasteiger partial charge in [0.05, 0.1) is 60.5 Å². The van der Waals surface area contributed by atoms with E-state index < -0.39 is 47.7 Å². The van der Waals surface area contributed by atoms with Gasteiger partial charge in [0, 0.05) is 57.2 Å². The molecular formula is C43H49F2N11O7. The van der Waals surface area contributed by atoms with Crippen molar-refractivity contribution in [3.63, 3.8) is 0 Å². The van der Waals surface area contributed by atoms with Gasteiger partial charge in [0.1, 0.15) is 17.4 Å². The molecule has 18 nitrogen and oxygen atoms in total. The number of hydrogen-bond acceptors (Lipinski definition) is 13. The van der Waals surface area contributed by atoms with Gasteiger partial charge < -0.3 is 29.9 Å². The first kappa shape index (κ1) is 41.2. The van der Waals surface area contributed by atoms with Gasteiger partial charge >= 0.3 is 0 Å². The molecular weight excluding hydrogens is 821 g/mol. The van der Waals surface area contributed by atoms with Crippen LogP contribution in [0.1, 0.15) is 107 Å². The molecule has 332 valence electrons. The largest absolute Gasteiger partial charge is 0.382 e. The summed E-state index contributed by atoms with van der Waals surface area (Å²) in [5, 5.41) is 16.7. The van der Waals surface area contributed by atoms with Crippen molar-refractivity contribution in [2.75, 3.05) is 61.5 Å². The number of hydrogen-bond donors (Lipinski definition) is 3. The summed E-state index contributed by atoms with van der Waals surface area (Å²) in [4.78, 5) is 74.5. The minimum Gasteiger partial charge on any atom is -0.382 e. The average Bonchev–Trinajstić information content (AvgIpc) is 4.13. The van der Waals surface area contributed by atoms with Crippen LogP contribution in [-0.4, -0.2) is 134 Å². The third kappa shape index (κ3) is 8.03. The monoisotopic (exact) mass is 869 g/mol. The fourth-order valence-corrected chi connectivity index (χ4v) is 10.2.